The van der Waals surface area contributed by atoms with Crippen molar-refractivity contribution in [2.75, 3.05) is 6.61 Å². The van der Waals surface area contributed by atoms with Gasteiger partial charge in [0.1, 0.15) is 4.88 Å². The number of Topliss-reactive ketones (excluding diaryl/α,β-unsaturated/α-hetero) is 1. The van der Waals surface area contributed by atoms with Crippen LogP contribution >= 0.6 is 11.3 Å². The molecule has 0 aliphatic rings. The van der Waals surface area contributed by atoms with E-state index in [0.29, 0.717) is 10.4 Å². The maximum atomic E-state index is 12.1. The number of carbonyl (C=O) groups excluding carboxylic acids is 2. The average molecular weight is 291 g/mol. The summed E-state index contributed by atoms with van der Waals surface area (Å²) in [6, 6.07) is 5.39. The van der Waals surface area contributed by atoms with Crippen LogP contribution < -0.4 is 0 Å². The van der Waals surface area contributed by atoms with Crippen LogP contribution in [0.1, 0.15) is 36.3 Å². The van der Waals surface area contributed by atoms with Crippen molar-refractivity contribution in [1.82, 2.24) is 4.57 Å². The Balaban J connectivity index is 2.02. The van der Waals surface area contributed by atoms with Crippen LogP contribution in [0.2, 0.25) is 0 Å². The summed E-state index contributed by atoms with van der Waals surface area (Å²) in [4.78, 5) is 25.4. The topological polar surface area (TPSA) is 48.3 Å². The number of thiophene rings is 1. The van der Waals surface area contributed by atoms with Gasteiger partial charge < -0.3 is 9.30 Å². The van der Waals surface area contributed by atoms with E-state index in [0.717, 1.165) is 16.3 Å². The molecule has 0 bridgehead atoms. The first-order valence-corrected chi connectivity index (χ1v) is 7.11. The standard InChI is InChI=1S/C15H17NO3S/c1-9-7-12(11(3)16(9)4)13(17)8-19-15(18)14-6-5-10(2)20-14/h5-7H,8H2,1-4H3. The molecule has 0 aliphatic carbocycles. The van der Waals surface area contributed by atoms with Crippen molar-refractivity contribution in [3.8, 4) is 0 Å². The zero-order valence-electron chi connectivity index (χ0n) is 12.0. The van der Waals surface area contributed by atoms with Gasteiger partial charge in [-0.3, -0.25) is 4.79 Å². The van der Waals surface area contributed by atoms with Crippen LogP contribution in [0.4, 0.5) is 0 Å². The van der Waals surface area contributed by atoms with E-state index in [-0.39, 0.29) is 12.4 Å². The number of carbonyl (C=O) groups is 2. The summed E-state index contributed by atoms with van der Waals surface area (Å²) in [6.07, 6.45) is 0. The summed E-state index contributed by atoms with van der Waals surface area (Å²) in [6.45, 7) is 5.51. The first-order chi connectivity index (χ1) is 9.40. The molecular formula is C15H17NO3S. The Kier molecular flexibility index (Phi) is 4.09. The van der Waals surface area contributed by atoms with Gasteiger partial charge >= 0.3 is 5.97 Å². The number of ether oxygens (including phenoxy) is 1. The molecule has 5 heteroatoms. The van der Waals surface area contributed by atoms with E-state index in [1.165, 1.54) is 11.3 Å². The third kappa shape index (κ3) is 2.82. The average Bonchev–Trinajstić information content (AvgIpc) is 2.95. The molecule has 0 saturated carbocycles. The SMILES string of the molecule is Cc1ccc(C(=O)OCC(=O)c2cc(C)n(C)c2C)s1. The summed E-state index contributed by atoms with van der Waals surface area (Å²) in [5.41, 5.74) is 2.50. The highest BCUT2D eigenvalue weighted by Crippen LogP contribution is 2.17. The molecule has 0 radical (unpaired) electrons. The zero-order valence-corrected chi connectivity index (χ0v) is 12.8. The minimum Gasteiger partial charge on any atom is -0.453 e. The molecule has 0 aromatic carbocycles. The quantitative estimate of drug-likeness (QED) is 0.642. The molecule has 2 rings (SSSR count). The molecule has 0 saturated heterocycles. The molecule has 0 spiro atoms. The van der Waals surface area contributed by atoms with Gasteiger partial charge in [-0.25, -0.2) is 4.79 Å². The number of hydrogen-bond donors (Lipinski definition) is 0. The number of ketones is 1. The lowest BCUT2D eigenvalue weighted by Gasteiger charge is -2.03. The van der Waals surface area contributed by atoms with E-state index in [2.05, 4.69) is 0 Å². The predicted octanol–water partition coefficient (Wildman–Crippen LogP) is 3.05. The van der Waals surface area contributed by atoms with Gasteiger partial charge in [0.15, 0.2) is 6.61 Å². The number of aromatic nitrogens is 1. The number of rotatable bonds is 4. The highest BCUT2D eigenvalue weighted by atomic mass is 32.1. The summed E-state index contributed by atoms with van der Waals surface area (Å²) in [5, 5.41) is 0. The van der Waals surface area contributed by atoms with Crippen LogP contribution in [0.25, 0.3) is 0 Å². The van der Waals surface area contributed by atoms with E-state index in [1.54, 1.807) is 6.07 Å². The second-order valence-corrected chi connectivity index (χ2v) is 6.04. The van der Waals surface area contributed by atoms with E-state index < -0.39 is 5.97 Å². The van der Waals surface area contributed by atoms with Gasteiger partial charge in [0, 0.05) is 28.9 Å². The molecule has 0 atom stereocenters. The molecular weight excluding hydrogens is 274 g/mol. The maximum Gasteiger partial charge on any atom is 0.348 e. The minimum atomic E-state index is -0.443. The van der Waals surface area contributed by atoms with Crippen LogP contribution in [0.15, 0.2) is 18.2 Å². The highest BCUT2D eigenvalue weighted by Gasteiger charge is 2.17. The van der Waals surface area contributed by atoms with E-state index in [1.807, 2.05) is 44.5 Å². The molecule has 0 aliphatic heterocycles. The van der Waals surface area contributed by atoms with Gasteiger partial charge in [0.2, 0.25) is 5.78 Å². The smallest absolute Gasteiger partial charge is 0.348 e. The van der Waals surface area contributed by atoms with Crippen molar-refractivity contribution in [1.29, 1.82) is 0 Å². The van der Waals surface area contributed by atoms with E-state index >= 15 is 0 Å². The van der Waals surface area contributed by atoms with Gasteiger partial charge in [-0.2, -0.15) is 0 Å². The molecule has 0 amide bonds. The second kappa shape index (κ2) is 5.63. The third-order valence-electron chi connectivity index (χ3n) is 3.35. The summed E-state index contributed by atoms with van der Waals surface area (Å²) >= 11 is 1.36. The normalized spacial score (nSPS) is 10.6. The molecule has 20 heavy (non-hydrogen) atoms. The number of nitrogens with zero attached hydrogens (tertiary/aromatic N) is 1. The van der Waals surface area contributed by atoms with Crippen molar-refractivity contribution in [3.63, 3.8) is 0 Å². The molecule has 106 valence electrons. The van der Waals surface area contributed by atoms with E-state index in [9.17, 15) is 9.59 Å². The highest BCUT2D eigenvalue weighted by molar-refractivity contribution is 7.13. The summed E-state index contributed by atoms with van der Waals surface area (Å²) in [5.74, 6) is -0.616. The monoisotopic (exact) mass is 291 g/mol. The lowest BCUT2D eigenvalue weighted by Crippen LogP contribution is -2.14. The second-order valence-electron chi connectivity index (χ2n) is 4.75. The Morgan fingerprint density at radius 2 is 1.95 bits per heavy atom. The molecule has 2 heterocycles. The first kappa shape index (κ1) is 14.5. The van der Waals surface area contributed by atoms with Crippen LogP contribution in [0.5, 0.6) is 0 Å². The Hall–Kier alpha value is -1.88. The fraction of sp³-hybridized carbons (Fsp3) is 0.333. The number of esters is 1. The molecule has 0 unspecified atom stereocenters. The summed E-state index contributed by atoms with van der Waals surface area (Å²) in [7, 11) is 1.90. The van der Waals surface area contributed by atoms with Gasteiger partial charge in [0.25, 0.3) is 0 Å². The largest absolute Gasteiger partial charge is 0.453 e. The Morgan fingerprint density at radius 1 is 1.25 bits per heavy atom. The first-order valence-electron chi connectivity index (χ1n) is 6.30. The van der Waals surface area contributed by atoms with Crippen LogP contribution in [0, 0.1) is 20.8 Å². The van der Waals surface area contributed by atoms with Crippen molar-refractivity contribution < 1.29 is 14.3 Å². The third-order valence-corrected chi connectivity index (χ3v) is 4.33. The number of hydrogen-bond acceptors (Lipinski definition) is 4. The zero-order chi connectivity index (χ0) is 14.9. The lowest BCUT2D eigenvalue weighted by atomic mass is 10.1. The maximum absolute atomic E-state index is 12.1. The summed E-state index contributed by atoms with van der Waals surface area (Å²) < 4.78 is 7.02. The Bertz CT molecular complexity index is 667. The molecule has 2 aromatic heterocycles. The van der Waals surface area contributed by atoms with Crippen LogP contribution in [-0.2, 0) is 11.8 Å². The molecule has 0 fully saturated rings. The molecule has 2 aromatic rings. The van der Waals surface area contributed by atoms with Crippen LogP contribution in [0.3, 0.4) is 0 Å². The lowest BCUT2D eigenvalue weighted by molar-refractivity contribution is 0.0479. The van der Waals surface area contributed by atoms with Gasteiger partial charge in [-0.05, 0) is 39.0 Å². The minimum absolute atomic E-state index is 0.173. The fourth-order valence-electron chi connectivity index (χ4n) is 1.96. The fourth-order valence-corrected chi connectivity index (χ4v) is 2.72. The predicted molar refractivity (Wildman–Crippen MR) is 78.6 cm³/mol. The van der Waals surface area contributed by atoms with Crippen molar-refractivity contribution in [2.24, 2.45) is 7.05 Å². The molecule has 0 N–H and O–H groups in total. The number of aryl methyl sites for hydroxylation is 2. The van der Waals surface area contributed by atoms with Gasteiger partial charge in [0.05, 0.1) is 0 Å². The van der Waals surface area contributed by atoms with Crippen LogP contribution in [-0.4, -0.2) is 22.9 Å². The van der Waals surface area contributed by atoms with Crippen molar-refractivity contribution in [2.45, 2.75) is 20.8 Å². The van der Waals surface area contributed by atoms with Crippen molar-refractivity contribution in [3.05, 3.63) is 44.9 Å². The van der Waals surface area contributed by atoms with Gasteiger partial charge in [-0.1, -0.05) is 0 Å². The Morgan fingerprint density at radius 3 is 2.45 bits per heavy atom. The van der Waals surface area contributed by atoms with Crippen molar-refractivity contribution >= 4 is 23.1 Å². The Labute approximate surface area is 122 Å². The molecule has 4 nitrogen and oxygen atoms in total. The van der Waals surface area contributed by atoms with Gasteiger partial charge in [-0.15, -0.1) is 11.3 Å². The van der Waals surface area contributed by atoms with E-state index in [4.69, 9.17) is 4.74 Å².